The molecule has 20 heavy (non-hydrogen) atoms. The lowest BCUT2D eigenvalue weighted by molar-refractivity contribution is 0.627. The number of nitrogens with two attached hydrogens (primary N) is 1. The summed E-state index contributed by atoms with van der Waals surface area (Å²) in [6.45, 7) is 4.94. The summed E-state index contributed by atoms with van der Waals surface area (Å²) < 4.78 is 15.3. The molecule has 2 N–H and O–H groups in total. The highest BCUT2D eigenvalue weighted by Gasteiger charge is 2.27. The molecule has 0 fully saturated rings. The van der Waals surface area contributed by atoms with E-state index in [1.54, 1.807) is 10.7 Å². The van der Waals surface area contributed by atoms with Crippen molar-refractivity contribution < 1.29 is 4.39 Å². The van der Waals surface area contributed by atoms with Gasteiger partial charge in [-0.25, -0.2) is 4.39 Å². The fourth-order valence-electron chi connectivity index (χ4n) is 2.87. The van der Waals surface area contributed by atoms with E-state index in [9.17, 15) is 4.39 Å². The summed E-state index contributed by atoms with van der Waals surface area (Å²) in [5, 5.41) is 4.51. The standard InChI is InChI=1S/C15H19FN4/c1-9(2)14-13(17)15(19(3)18-14)20-7-6-10-4-5-11(16)8-12(10)20/h4-5,8-9H,6-7,17H2,1-3H3. The lowest BCUT2D eigenvalue weighted by Crippen LogP contribution is -2.18. The van der Waals surface area contributed by atoms with Crippen molar-refractivity contribution in [3.63, 3.8) is 0 Å². The first-order valence-corrected chi connectivity index (χ1v) is 6.87. The van der Waals surface area contributed by atoms with Gasteiger partial charge in [0.1, 0.15) is 5.82 Å². The molecule has 5 heteroatoms. The molecule has 0 saturated heterocycles. The lowest BCUT2D eigenvalue weighted by Gasteiger charge is -2.20. The number of anilines is 3. The van der Waals surface area contributed by atoms with Gasteiger partial charge in [-0.15, -0.1) is 0 Å². The molecule has 0 unspecified atom stereocenters. The summed E-state index contributed by atoms with van der Waals surface area (Å²) in [5.41, 5.74) is 9.90. The molecule has 0 bridgehead atoms. The van der Waals surface area contributed by atoms with Gasteiger partial charge >= 0.3 is 0 Å². The number of halogens is 1. The van der Waals surface area contributed by atoms with Crippen LogP contribution in [-0.4, -0.2) is 16.3 Å². The van der Waals surface area contributed by atoms with Crippen LogP contribution in [0.2, 0.25) is 0 Å². The maximum Gasteiger partial charge on any atom is 0.154 e. The first kappa shape index (κ1) is 13.0. The second-order valence-corrected chi connectivity index (χ2v) is 5.58. The smallest absolute Gasteiger partial charge is 0.154 e. The summed E-state index contributed by atoms with van der Waals surface area (Å²) in [6, 6.07) is 4.93. The molecule has 1 aromatic carbocycles. The Morgan fingerprint density at radius 2 is 2.10 bits per heavy atom. The van der Waals surface area contributed by atoms with Gasteiger partial charge in [0, 0.05) is 19.3 Å². The number of aromatic nitrogens is 2. The van der Waals surface area contributed by atoms with E-state index < -0.39 is 0 Å². The Morgan fingerprint density at radius 3 is 2.75 bits per heavy atom. The van der Waals surface area contributed by atoms with Gasteiger partial charge < -0.3 is 10.6 Å². The second kappa shape index (κ2) is 4.51. The minimum atomic E-state index is -0.222. The number of benzene rings is 1. The molecule has 106 valence electrons. The Bertz CT molecular complexity index is 660. The zero-order valence-corrected chi connectivity index (χ0v) is 12.0. The number of aryl methyl sites for hydroxylation is 1. The van der Waals surface area contributed by atoms with Crippen molar-refractivity contribution in [2.75, 3.05) is 17.2 Å². The monoisotopic (exact) mass is 274 g/mol. The van der Waals surface area contributed by atoms with Crippen molar-refractivity contribution in [3.8, 4) is 0 Å². The Hall–Kier alpha value is -2.04. The molecule has 1 aliphatic rings. The molecular formula is C15H19FN4. The van der Waals surface area contributed by atoms with Crippen LogP contribution in [0.25, 0.3) is 0 Å². The predicted molar refractivity (Wildman–Crippen MR) is 78.8 cm³/mol. The molecule has 0 amide bonds. The summed E-state index contributed by atoms with van der Waals surface area (Å²) >= 11 is 0. The summed E-state index contributed by atoms with van der Waals surface area (Å²) in [7, 11) is 1.88. The number of nitrogen functional groups attached to an aromatic ring is 1. The average molecular weight is 274 g/mol. The maximum absolute atomic E-state index is 13.5. The average Bonchev–Trinajstić information content (AvgIpc) is 2.90. The van der Waals surface area contributed by atoms with Gasteiger partial charge in [0.15, 0.2) is 5.82 Å². The number of hydrogen-bond acceptors (Lipinski definition) is 3. The molecule has 0 radical (unpaired) electrons. The van der Waals surface area contributed by atoms with E-state index in [0.717, 1.165) is 35.7 Å². The quantitative estimate of drug-likeness (QED) is 0.916. The highest BCUT2D eigenvalue weighted by Crippen LogP contribution is 2.39. The highest BCUT2D eigenvalue weighted by atomic mass is 19.1. The SMILES string of the molecule is CC(C)c1nn(C)c(N2CCc3ccc(F)cc32)c1N. The molecule has 0 saturated carbocycles. The van der Waals surface area contributed by atoms with E-state index >= 15 is 0 Å². The van der Waals surface area contributed by atoms with Gasteiger partial charge in [-0.2, -0.15) is 5.10 Å². The molecule has 2 heterocycles. The van der Waals surface area contributed by atoms with Gasteiger partial charge in [-0.1, -0.05) is 19.9 Å². The Morgan fingerprint density at radius 1 is 1.35 bits per heavy atom. The van der Waals surface area contributed by atoms with Crippen molar-refractivity contribution in [2.24, 2.45) is 7.05 Å². The van der Waals surface area contributed by atoms with E-state index in [1.165, 1.54) is 6.07 Å². The molecule has 0 aliphatic carbocycles. The van der Waals surface area contributed by atoms with Gasteiger partial charge in [0.2, 0.25) is 0 Å². The molecular weight excluding hydrogens is 255 g/mol. The van der Waals surface area contributed by atoms with Crippen molar-refractivity contribution >= 4 is 17.2 Å². The Balaban J connectivity index is 2.11. The van der Waals surface area contributed by atoms with Crippen LogP contribution in [0.3, 0.4) is 0 Å². The van der Waals surface area contributed by atoms with Crippen LogP contribution in [0.4, 0.5) is 21.6 Å². The third-order valence-electron chi connectivity index (χ3n) is 3.83. The van der Waals surface area contributed by atoms with E-state index in [0.29, 0.717) is 5.69 Å². The lowest BCUT2D eigenvalue weighted by atomic mass is 10.1. The van der Waals surface area contributed by atoms with Crippen LogP contribution in [0.1, 0.15) is 31.0 Å². The summed E-state index contributed by atoms with van der Waals surface area (Å²) in [6.07, 6.45) is 0.900. The minimum Gasteiger partial charge on any atom is -0.394 e. The zero-order valence-electron chi connectivity index (χ0n) is 12.0. The van der Waals surface area contributed by atoms with Crippen molar-refractivity contribution in [1.29, 1.82) is 0 Å². The largest absolute Gasteiger partial charge is 0.394 e. The number of fused-ring (bicyclic) bond motifs is 1. The molecule has 0 spiro atoms. The Labute approximate surface area is 118 Å². The molecule has 1 aromatic heterocycles. The molecule has 4 nitrogen and oxygen atoms in total. The molecule has 3 rings (SSSR count). The number of nitrogens with zero attached hydrogens (tertiary/aromatic N) is 3. The Kier molecular flexibility index (Phi) is 2.92. The van der Waals surface area contributed by atoms with Crippen LogP contribution in [-0.2, 0) is 13.5 Å². The van der Waals surface area contributed by atoms with Crippen LogP contribution in [0.5, 0.6) is 0 Å². The topological polar surface area (TPSA) is 47.1 Å². The highest BCUT2D eigenvalue weighted by molar-refractivity contribution is 5.77. The second-order valence-electron chi connectivity index (χ2n) is 5.58. The number of hydrogen-bond donors (Lipinski definition) is 1. The summed E-state index contributed by atoms with van der Waals surface area (Å²) in [5.74, 6) is 0.906. The van der Waals surface area contributed by atoms with Gasteiger partial charge in [0.25, 0.3) is 0 Å². The van der Waals surface area contributed by atoms with E-state index in [4.69, 9.17) is 5.73 Å². The third kappa shape index (κ3) is 1.85. The van der Waals surface area contributed by atoms with Crippen LogP contribution in [0, 0.1) is 5.82 Å². The predicted octanol–water partition coefficient (Wildman–Crippen LogP) is 2.96. The first-order valence-electron chi connectivity index (χ1n) is 6.87. The van der Waals surface area contributed by atoms with Crippen LogP contribution >= 0.6 is 0 Å². The van der Waals surface area contributed by atoms with Gasteiger partial charge in [-0.3, -0.25) is 4.68 Å². The van der Waals surface area contributed by atoms with Crippen molar-refractivity contribution in [3.05, 3.63) is 35.3 Å². The first-order chi connectivity index (χ1) is 9.49. The fourth-order valence-corrected chi connectivity index (χ4v) is 2.87. The molecule has 2 aromatic rings. The van der Waals surface area contributed by atoms with Gasteiger partial charge in [-0.05, 0) is 30.0 Å². The van der Waals surface area contributed by atoms with Gasteiger partial charge in [0.05, 0.1) is 11.4 Å². The van der Waals surface area contributed by atoms with E-state index in [-0.39, 0.29) is 11.7 Å². The minimum absolute atomic E-state index is 0.222. The third-order valence-corrected chi connectivity index (χ3v) is 3.83. The fraction of sp³-hybridized carbons (Fsp3) is 0.400. The molecule has 0 atom stereocenters. The normalized spacial score (nSPS) is 14.2. The number of rotatable bonds is 2. The maximum atomic E-state index is 13.5. The molecule has 1 aliphatic heterocycles. The summed E-state index contributed by atoms with van der Waals surface area (Å²) in [4.78, 5) is 2.06. The van der Waals surface area contributed by atoms with Crippen LogP contribution < -0.4 is 10.6 Å². The van der Waals surface area contributed by atoms with E-state index in [2.05, 4.69) is 23.8 Å². The van der Waals surface area contributed by atoms with Crippen LogP contribution in [0.15, 0.2) is 18.2 Å². The zero-order chi connectivity index (χ0) is 14.4. The van der Waals surface area contributed by atoms with Crippen molar-refractivity contribution in [2.45, 2.75) is 26.2 Å². The van der Waals surface area contributed by atoms with Crippen molar-refractivity contribution in [1.82, 2.24) is 9.78 Å². The van der Waals surface area contributed by atoms with E-state index in [1.807, 2.05) is 13.1 Å².